The minimum atomic E-state index is -0.502. The Labute approximate surface area is 132 Å². The van der Waals surface area contributed by atoms with Crippen LogP contribution in [0.3, 0.4) is 0 Å². The molecule has 1 unspecified atom stereocenters. The largest absolute Gasteiger partial charge is 0.444 e. The molecule has 1 saturated carbocycles. The van der Waals surface area contributed by atoms with E-state index in [1.165, 1.54) is 0 Å². The molecule has 1 saturated heterocycles. The summed E-state index contributed by atoms with van der Waals surface area (Å²) in [6, 6.07) is 0. The van der Waals surface area contributed by atoms with Gasteiger partial charge in [0.05, 0.1) is 5.92 Å². The fraction of sp³-hybridized carbons (Fsp3) is 0.824. The predicted molar refractivity (Wildman–Crippen MR) is 82.5 cm³/mol. The number of nitrogens with zero attached hydrogens (tertiary/aromatic N) is 1. The first-order valence-corrected chi connectivity index (χ1v) is 8.32. The summed E-state index contributed by atoms with van der Waals surface area (Å²) in [4.78, 5) is 38.1. The van der Waals surface area contributed by atoms with Crippen molar-refractivity contribution in [1.29, 1.82) is 0 Å². The van der Waals surface area contributed by atoms with Gasteiger partial charge in [-0.2, -0.15) is 0 Å². The van der Waals surface area contributed by atoms with E-state index >= 15 is 0 Å². The van der Waals surface area contributed by atoms with E-state index in [4.69, 9.17) is 4.74 Å². The van der Waals surface area contributed by atoms with Crippen LogP contribution in [0.1, 0.15) is 59.3 Å². The molecule has 2 fully saturated rings. The van der Waals surface area contributed by atoms with Crippen LogP contribution in [-0.4, -0.2) is 41.3 Å². The fourth-order valence-corrected chi connectivity index (χ4v) is 3.24. The van der Waals surface area contributed by atoms with E-state index in [2.05, 4.69) is 0 Å². The van der Waals surface area contributed by atoms with Crippen molar-refractivity contribution in [3.63, 3.8) is 0 Å². The summed E-state index contributed by atoms with van der Waals surface area (Å²) in [5.41, 5.74) is -0.502. The van der Waals surface area contributed by atoms with Gasteiger partial charge in [0, 0.05) is 25.4 Å². The van der Waals surface area contributed by atoms with Gasteiger partial charge in [0.15, 0.2) is 0 Å². The number of amides is 1. The van der Waals surface area contributed by atoms with Gasteiger partial charge in [-0.05, 0) is 46.5 Å². The lowest BCUT2D eigenvalue weighted by molar-refractivity contribution is -0.137. The zero-order valence-electron chi connectivity index (χ0n) is 13.9. The summed E-state index contributed by atoms with van der Waals surface area (Å²) in [6.07, 6.45) is 4.12. The Kier molecular flexibility index (Phi) is 5.24. The number of ether oxygens (including phenoxy) is 1. The van der Waals surface area contributed by atoms with Crippen molar-refractivity contribution in [3.05, 3.63) is 0 Å². The number of hydrogen-bond acceptors (Lipinski definition) is 4. The zero-order valence-corrected chi connectivity index (χ0v) is 13.9. The molecule has 2 rings (SSSR count). The standard InChI is InChI=1S/C17H27NO4/c1-17(2,3)22-16(21)18-10-8-12(9-11-18)15(20)13-6-4-5-7-14(13)19/h12-13H,4-11H2,1-3H3. The maximum Gasteiger partial charge on any atom is 0.410 e. The van der Waals surface area contributed by atoms with E-state index in [-0.39, 0.29) is 29.5 Å². The molecular weight excluding hydrogens is 282 g/mol. The van der Waals surface area contributed by atoms with Crippen molar-refractivity contribution in [1.82, 2.24) is 4.90 Å². The molecule has 0 radical (unpaired) electrons. The van der Waals surface area contributed by atoms with Crippen LogP contribution < -0.4 is 0 Å². The van der Waals surface area contributed by atoms with Gasteiger partial charge >= 0.3 is 6.09 Å². The number of rotatable bonds is 2. The van der Waals surface area contributed by atoms with E-state index in [9.17, 15) is 14.4 Å². The second-order valence-electron chi connectivity index (χ2n) is 7.41. The van der Waals surface area contributed by atoms with Crippen LogP contribution in [0.4, 0.5) is 4.79 Å². The average Bonchev–Trinajstić information content (AvgIpc) is 2.45. The Hall–Kier alpha value is -1.39. The molecule has 0 aromatic rings. The van der Waals surface area contributed by atoms with Crippen LogP contribution in [0, 0.1) is 11.8 Å². The zero-order chi connectivity index (χ0) is 16.3. The Morgan fingerprint density at radius 2 is 1.73 bits per heavy atom. The number of piperidine rings is 1. The highest BCUT2D eigenvalue weighted by Crippen LogP contribution is 2.28. The lowest BCUT2D eigenvalue weighted by Gasteiger charge is -2.34. The van der Waals surface area contributed by atoms with Gasteiger partial charge in [0.1, 0.15) is 17.2 Å². The number of ketones is 2. The third-order valence-electron chi connectivity index (χ3n) is 4.45. The first-order valence-electron chi connectivity index (χ1n) is 8.32. The molecule has 1 heterocycles. The number of Topliss-reactive ketones (excluding diaryl/α,β-unsaturated/α-hetero) is 2. The summed E-state index contributed by atoms with van der Waals surface area (Å²) in [7, 11) is 0. The Balaban J connectivity index is 1.85. The van der Waals surface area contributed by atoms with Crippen molar-refractivity contribution in [3.8, 4) is 0 Å². The van der Waals surface area contributed by atoms with Crippen LogP contribution in [-0.2, 0) is 14.3 Å². The molecule has 5 nitrogen and oxygen atoms in total. The second kappa shape index (κ2) is 6.80. The van der Waals surface area contributed by atoms with Crippen molar-refractivity contribution < 1.29 is 19.1 Å². The van der Waals surface area contributed by atoms with Gasteiger partial charge in [-0.25, -0.2) is 4.79 Å². The van der Waals surface area contributed by atoms with Crippen molar-refractivity contribution in [2.24, 2.45) is 11.8 Å². The first kappa shape index (κ1) is 17.0. The van der Waals surface area contributed by atoms with Crippen LogP contribution in [0.2, 0.25) is 0 Å². The Morgan fingerprint density at radius 1 is 1.09 bits per heavy atom. The van der Waals surface area contributed by atoms with Crippen LogP contribution >= 0.6 is 0 Å². The summed E-state index contributed by atoms with van der Waals surface area (Å²) in [5, 5.41) is 0. The van der Waals surface area contributed by atoms with Crippen molar-refractivity contribution in [2.45, 2.75) is 64.9 Å². The van der Waals surface area contributed by atoms with E-state index < -0.39 is 5.60 Å². The third kappa shape index (κ3) is 4.31. The van der Waals surface area contributed by atoms with E-state index in [1.807, 2.05) is 20.8 Å². The fourth-order valence-electron chi connectivity index (χ4n) is 3.24. The summed E-state index contributed by atoms with van der Waals surface area (Å²) in [5.74, 6) is -0.239. The molecule has 0 aromatic carbocycles. The molecule has 5 heteroatoms. The first-order chi connectivity index (χ1) is 10.3. The number of carbonyl (C=O) groups is 3. The topological polar surface area (TPSA) is 63.7 Å². The molecule has 1 aliphatic heterocycles. The minimum absolute atomic E-state index is 0.0780. The molecule has 1 aliphatic carbocycles. The molecule has 124 valence electrons. The molecule has 22 heavy (non-hydrogen) atoms. The van der Waals surface area contributed by atoms with E-state index in [1.54, 1.807) is 4.90 Å². The molecule has 1 atom stereocenters. The highest BCUT2D eigenvalue weighted by molar-refractivity contribution is 6.03. The second-order valence-corrected chi connectivity index (χ2v) is 7.41. The van der Waals surface area contributed by atoms with Gasteiger partial charge in [-0.3, -0.25) is 9.59 Å². The van der Waals surface area contributed by atoms with Crippen molar-refractivity contribution in [2.75, 3.05) is 13.1 Å². The Bertz CT molecular complexity index is 444. The third-order valence-corrected chi connectivity index (χ3v) is 4.45. The summed E-state index contributed by atoms with van der Waals surface area (Å²) in [6.45, 7) is 6.60. The van der Waals surface area contributed by atoms with E-state index in [0.717, 1.165) is 12.8 Å². The molecular formula is C17H27NO4. The Morgan fingerprint density at radius 3 is 2.27 bits per heavy atom. The monoisotopic (exact) mass is 309 g/mol. The van der Waals surface area contributed by atoms with Gasteiger partial charge in [0.2, 0.25) is 0 Å². The van der Waals surface area contributed by atoms with Crippen LogP contribution in [0.25, 0.3) is 0 Å². The molecule has 0 spiro atoms. The molecule has 0 N–H and O–H groups in total. The van der Waals surface area contributed by atoms with Gasteiger partial charge in [-0.1, -0.05) is 6.42 Å². The average molecular weight is 309 g/mol. The molecule has 0 aromatic heterocycles. The molecule has 0 bridgehead atoms. The quantitative estimate of drug-likeness (QED) is 0.736. The number of carbonyl (C=O) groups excluding carboxylic acids is 3. The summed E-state index contributed by atoms with van der Waals surface area (Å²) < 4.78 is 5.35. The van der Waals surface area contributed by atoms with Gasteiger partial charge < -0.3 is 9.64 Å². The number of hydrogen-bond donors (Lipinski definition) is 0. The van der Waals surface area contributed by atoms with Gasteiger partial charge in [0.25, 0.3) is 0 Å². The van der Waals surface area contributed by atoms with Crippen LogP contribution in [0.5, 0.6) is 0 Å². The lowest BCUT2D eigenvalue weighted by Crippen LogP contribution is -2.44. The molecule has 2 aliphatic rings. The van der Waals surface area contributed by atoms with Gasteiger partial charge in [-0.15, -0.1) is 0 Å². The SMILES string of the molecule is CC(C)(C)OC(=O)N1CCC(C(=O)C2CCCCC2=O)CC1. The maximum atomic E-state index is 12.5. The minimum Gasteiger partial charge on any atom is -0.444 e. The van der Waals surface area contributed by atoms with E-state index in [0.29, 0.717) is 38.8 Å². The lowest BCUT2D eigenvalue weighted by atomic mass is 9.78. The predicted octanol–water partition coefficient (Wildman–Crippen LogP) is 2.96. The highest BCUT2D eigenvalue weighted by atomic mass is 16.6. The van der Waals surface area contributed by atoms with Crippen molar-refractivity contribution >= 4 is 17.7 Å². The smallest absolute Gasteiger partial charge is 0.410 e. The highest BCUT2D eigenvalue weighted by Gasteiger charge is 2.36. The van der Waals surface area contributed by atoms with Crippen LogP contribution in [0.15, 0.2) is 0 Å². The normalized spacial score (nSPS) is 24.2. The maximum absolute atomic E-state index is 12.5. The summed E-state index contributed by atoms with van der Waals surface area (Å²) >= 11 is 0. The number of likely N-dealkylation sites (tertiary alicyclic amines) is 1. The molecule has 1 amide bonds.